The molecule has 19 heavy (non-hydrogen) atoms. The molecule has 1 fully saturated rings. The van der Waals surface area contributed by atoms with Crippen LogP contribution >= 0.6 is 34.9 Å². The maximum absolute atomic E-state index is 12.2. The third-order valence-electron chi connectivity index (χ3n) is 2.92. The lowest BCUT2D eigenvalue weighted by Gasteiger charge is -2.19. The number of thiazole rings is 1. The van der Waals surface area contributed by atoms with Crippen LogP contribution in [0.25, 0.3) is 0 Å². The number of aromatic nitrogens is 1. The van der Waals surface area contributed by atoms with Crippen molar-refractivity contribution in [2.45, 2.75) is 38.4 Å². The summed E-state index contributed by atoms with van der Waals surface area (Å²) in [5.41, 5.74) is 1.16. The minimum atomic E-state index is 0.0855. The van der Waals surface area contributed by atoms with Crippen molar-refractivity contribution in [3.8, 4) is 0 Å². The fourth-order valence-corrected chi connectivity index (χ4v) is 5.48. The normalized spacial score (nSPS) is 19.4. The lowest BCUT2D eigenvalue weighted by Crippen LogP contribution is -2.30. The number of nitrogens with zero attached hydrogens (tertiary/aromatic N) is 1. The first-order valence-electron chi connectivity index (χ1n) is 6.73. The van der Waals surface area contributed by atoms with Gasteiger partial charge in [0.2, 0.25) is 5.91 Å². The van der Waals surface area contributed by atoms with Gasteiger partial charge < -0.3 is 5.32 Å². The summed E-state index contributed by atoms with van der Waals surface area (Å²) in [6.07, 6.45) is 3.10. The predicted molar refractivity (Wildman–Crippen MR) is 87.7 cm³/mol. The van der Waals surface area contributed by atoms with Crippen molar-refractivity contribution in [3.05, 3.63) is 10.6 Å². The molecule has 1 saturated heterocycles. The standard InChI is InChI=1S/C13H20N2OS3/c1-3-5-9-10(4-2)19-13(14-9)15-12(16)11-8-17-6-7-18-11/h11H,3-8H2,1-2H3,(H,14,15,16). The Labute approximate surface area is 127 Å². The van der Waals surface area contributed by atoms with E-state index in [0.717, 1.165) is 47.3 Å². The van der Waals surface area contributed by atoms with Crippen LogP contribution in [0, 0.1) is 0 Å². The quantitative estimate of drug-likeness (QED) is 0.903. The van der Waals surface area contributed by atoms with Gasteiger partial charge in [-0.3, -0.25) is 4.79 Å². The first-order valence-corrected chi connectivity index (χ1v) is 9.75. The van der Waals surface area contributed by atoms with Crippen molar-refractivity contribution in [1.82, 2.24) is 4.98 Å². The van der Waals surface area contributed by atoms with E-state index in [1.807, 2.05) is 11.8 Å². The Morgan fingerprint density at radius 1 is 1.42 bits per heavy atom. The second-order valence-corrected chi connectivity index (χ2v) is 7.96. The van der Waals surface area contributed by atoms with Crippen molar-refractivity contribution >= 4 is 45.9 Å². The molecule has 0 aromatic carbocycles. The number of carbonyl (C=O) groups is 1. The molecule has 1 aromatic rings. The van der Waals surface area contributed by atoms with Crippen LogP contribution in [0.1, 0.15) is 30.8 Å². The summed E-state index contributed by atoms with van der Waals surface area (Å²) in [7, 11) is 0. The molecule has 2 heterocycles. The van der Waals surface area contributed by atoms with E-state index in [-0.39, 0.29) is 11.2 Å². The SMILES string of the molecule is CCCc1nc(NC(=O)C2CSCCS2)sc1CC. The van der Waals surface area contributed by atoms with Crippen LogP contribution in [-0.4, -0.2) is 33.4 Å². The number of amides is 1. The summed E-state index contributed by atoms with van der Waals surface area (Å²) in [5, 5.41) is 3.86. The number of carbonyl (C=O) groups excluding carboxylic acids is 1. The Balaban J connectivity index is 1.99. The first kappa shape index (κ1) is 15.2. The minimum absolute atomic E-state index is 0.0855. The smallest absolute Gasteiger partial charge is 0.240 e. The molecule has 0 spiro atoms. The molecular formula is C13H20N2OS3. The summed E-state index contributed by atoms with van der Waals surface area (Å²) in [4.78, 5) is 18.0. The van der Waals surface area contributed by atoms with E-state index in [0.29, 0.717) is 0 Å². The lowest BCUT2D eigenvalue weighted by molar-refractivity contribution is -0.115. The van der Waals surface area contributed by atoms with Crippen molar-refractivity contribution in [2.24, 2.45) is 0 Å². The number of anilines is 1. The molecule has 2 rings (SSSR count). The third-order valence-corrected chi connectivity index (χ3v) is 6.84. The monoisotopic (exact) mass is 316 g/mol. The molecule has 1 aliphatic rings. The Morgan fingerprint density at radius 3 is 2.89 bits per heavy atom. The maximum atomic E-state index is 12.2. The summed E-state index contributed by atoms with van der Waals surface area (Å²) in [6.45, 7) is 4.30. The number of aryl methyl sites for hydroxylation is 2. The number of thioether (sulfide) groups is 2. The van der Waals surface area contributed by atoms with Crippen LogP contribution in [-0.2, 0) is 17.6 Å². The van der Waals surface area contributed by atoms with Crippen LogP contribution in [0.2, 0.25) is 0 Å². The summed E-state index contributed by atoms with van der Waals surface area (Å²) in [6, 6.07) is 0. The number of hydrogen-bond acceptors (Lipinski definition) is 5. The van der Waals surface area contributed by atoms with Crippen molar-refractivity contribution in [1.29, 1.82) is 0 Å². The largest absolute Gasteiger partial charge is 0.301 e. The molecule has 3 nitrogen and oxygen atoms in total. The van der Waals surface area contributed by atoms with Gasteiger partial charge in [0.05, 0.1) is 10.9 Å². The molecule has 0 aliphatic carbocycles. The van der Waals surface area contributed by atoms with Gasteiger partial charge in [-0.05, 0) is 12.8 Å². The molecule has 1 aliphatic heterocycles. The van der Waals surface area contributed by atoms with Gasteiger partial charge in [-0.2, -0.15) is 11.8 Å². The van der Waals surface area contributed by atoms with Gasteiger partial charge >= 0.3 is 0 Å². The second kappa shape index (κ2) is 7.55. The van der Waals surface area contributed by atoms with E-state index in [1.165, 1.54) is 4.88 Å². The molecule has 0 bridgehead atoms. The van der Waals surface area contributed by atoms with Gasteiger partial charge in [-0.25, -0.2) is 4.98 Å². The van der Waals surface area contributed by atoms with Gasteiger partial charge in [-0.1, -0.05) is 20.3 Å². The van der Waals surface area contributed by atoms with Crippen LogP contribution in [0.3, 0.4) is 0 Å². The Bertz CT molecular complexity index is 428. The highest BCUT2D eigenvalue weighted by Gasteiger charge is 2.23. The zero-order chi connectivity index (χ0) is 13.7. The fraction of sp³-hybridized carbons (Fsp3) is 0.692. The number of nitrogens with one attached hydrogen (secondary N) is 1. The molecule has 1 aromatic heterocycles. The van der Waals surface area contributed by atoms with E-state index in [4.69, 9.17) is 0 Å². The Kier molecular flexibility index (Phi) is 6.04. The van der Waals surface area contributed by atoms with Crippen LogP contribution in [0.15, 0.2) is 0 Å². The van der Waals surface area contributed by atoms with Gasteiger partial charge in [0.25, 0.3) is 0 Å². The van der Waals surface area contributed by atoms with Crippen LogP contribution in [0.5, 0.6) is 0 Å². The molecular weight excluding hydrogens is 296 g/mol. The third kappa shape index (κ3) is 4.13. The highest BCUT2D eigenvalue weighted by molar-refractivity contribution is 8.07. The van der Waals surface area contributed by atoms with Gasteiger partial charge in [0.1, 0.15) is 0 Å². The molecule has 1 N–H and O–H groups in total. The van der Waals surface area contributed by atoms with E-state index in [9.17, 15) is 4.79 Å². The lowest BCUT2D eigenvalue weighted by atomic mass is 10.2. The maximum Gasteiger partial charge on any atom is 0.240 e. The zero-order valence-corrected chi connectivity index (χ0v) is 13.8. The van der Waals surface area contributed by atoms with Crippen LogP contribution < -0.4 is 5.32 Å². The Morgan fingerprint density at radius 2 is 2.26 bits per heavy atom. The predicted octanol–water partition coefficient (Wildman–Crippen LogP) is 3.45. The van der Waals surface area contributed by atoms with Gasteiger partial charge in [0, 0.05) is 22.1 Å². The summed E-state index contributed by atoms with van der Waals surface area (Å²) >= 11 is 5.26. The van der Waals surface area contributed by atoms with Crippen molar-refractivity contribution < 1.29 is 4.79 Å². The average molecular weight is 317 g/mol. The number of rotatable bonds is 5. The second-order valence-electron chi connectivity index (χ2n) is 4.42. The topological polar surface area (TPSA) is 42.0 Å². The van der Waals surface area contributed by atoms with Crippen molar-refractivity contribution in [2.75, 3.05) is 22.6 Å². The van der Waals surface area contributed by atoms with E-state index in [2.05, 4.69) is 24.1 Å². The highest BCUT2D eigenvalue weighted by atomic mass is 32.2. The van der Waals surface area contributed by atoms with E-state index in [1.54, 1.807) is 23.1 Å². The molecule has 0 saturated carbocycles. The zero-order valence-electron chi connectivity index (χ0n) is 11.4. The molecule has 1 atom stereocenters. The van der Waals surface area contributed by atoms with Crippen molar-refractivity contribution in [3.63, 3.8) is 0 Å². The highest BCUT2D eigenvalue weighted by Crippen LogP contribution is 2.28. The molecule has 106 valence electrons. The molecule has 1 amide bonds. The summed E-state index contributed by atoms with van der Waals surface area (Å²) in [5.74, 6) is 3.27. The first-order chi connectivity index (χ1) is 9.24. The minimum Gasteiger partial charge on any atom is -0.301 e. The van der Waals surface area contributed by atoms with Gasteiger partial charge in [-0.15, -0.1) is 23.1 Å². The molecule has 6 heteroatoms. The summed E-state index contributed by atoms with van der Waals surface area (Å²) < 4.78 is 0. The Hall–Kier alpha value is -0.200. The molecule has 0 radical (unpaired) electrons. The fourth-order valence-electron chi connectivity index (χ4n) is 1.97. The van der Waals surface area contributed by atoms with Crippen LogP contribution in [0.4, 0.5) is 5.13 Å². The van der Waals surface area contributed by atoms with E-state index >= 15 is 0 Å². The molecule has 1 unspecified atom stereocenters. The van der Waals surface area contributed by atoms with Gasteiger partial charge in [0.15, 0.2) is 5.13 Å². The van der Waals surface area contributed by atoms with E-state index < -0.39 is 0 Å². The average Bonchev–Trinajstić information content (AvgIpc) is 2.82. The number of hydrogen-bond donors (Lipinski definition) is 1.